The molecule has 0 unspecified atom stereocenters. The number of ether oxygens (including phenoxy) is 2. The van der Waals surface area contributed by atoms with Gasteiger partial charge < -0.3 is 24.6 Å². The molecule has 0 bridgehead atoms. The van der Waals surface area contributed by atoms with Gasteiger partial charge in [-0.25, -0.2) is 0 Å². The number of morpholine rings is 1. The Morgan fingerprint density at radius 3 is 2.54 bits per heavy atom. The third-order valence-corrected chi connectivity index (χ3v) is 5.57. The largest absolute Gasteiger partial charge is 0.381 e. The van der Waals surface area contributed by atoms with Gasteiger partial charge in [-0.1, -0.05) is 18.2 Å². The number of para-hydroxylation sites is 1. The van der Waals surface area contributed by atoms with Crippen LogP contribution in [0.2, 0.25) is 0 Å². The van der Waals surface area contributed by atoms with Crippen LogP contribution in [-0.4, -0.2) is 71.0 Å². The molecule has 158 valence electrons. The summed E-state index contributed by atoms with van der Waals surface area (Å²) in [5, 5.41) is 3.55. The zero-order valence-electron chi connectivity index (χ0n) is 17.2. The van der Waals surface area contributed by atoms with Crippen molar-refractivity contribution in [3.05, 3.63) is 29.8 Å². The number of rotatable bonds is 6. The van der Waals surface area contributed by atoms with Gasteiger partial charge in [0.15, 0.2) is 5.96 Å². The van der Waals surface area contributed by atoms with Crippen molar-refractivity contribution in [2.75, 3.05) is 65.1 Å². The van der Waals surface area contributed by atoms with Crippen molar-refractivity contribution >= 4 is 35.6 Å². The fourth-order valence-corrected chi connectivity index (χ4v) is 3.85. The second-order valence-corrected chi connectivity index (χ2v) is 7.39. The normalized spacial score (nSPS) is 18.5. The number of hydrogen-bond acceptors (Lipinski definition) is 4. The Morgan fingerprint density at radius 1 is 1.14 bits per heavy atom. The summed E-state index contributed by atoms with van der Waals surface area (Å²) in [5.41, 5.74) is 2.60. The molecule has 0 saturated carbocycles. The van der Waals surface area contributed by atoms with E-state index in [0.29, 0.717) is 0 Å². The van der Waals surface area contributed by atoms with Crippen LogP contribution >= 0.6 is 24.0 Å². The SMILES string of the molecule is CN=C(NCc1ccccc1N1CCOCC1)N(C)CCC1CCOCC1.I. The van der Waals surface area contributed by atoms with Gasteiger partial charge in [0, 0.05) is 59.2 Å². The predicted octanol–water partition coefficient (Wildman–Crippen LogP) is 2.97. The van der Waals surface area contributed by atoms with Crippen LogP contribution < -0.4 is 10.2 Å². The summed E-state index contributed by atoms with van der Waals surface area (Å²) in [7, 11) is 3.99. The Bertz CT molecular complexity index is 602. The Hall–Kier alpha value is -1.06. The number of anilines is 1. The minimum absolute atomic E-state index is 0. The Labute approximate surface area is 186 Å². The van der Waals surface area contributed by atoms with E-state index in [4.69, 9.17) is 9.47 Å². The lowest BCUT2D eigenvalue weighted by atomic mass is 9.96. The summed E-state index contributed by atoms with van der Waals surface area (Å²) in [6.45, 7) is 7.15. The van der Waals surface area contributed by atoms with E-state index in [0.717, 1.165) is 64.5 Å². The zero-order chi connectivity index (χ0) is 18.9. The van der Waals surface area contributed by atoms with Gasteiger partial charge in [0.1, 0.15) is 0 Å². The van der Waals surface area contributed by atoms with Gasteiger partial charge in [-0.2, -0.15) is 0 Å². The second kappa shape index (κ2) is 12.5. The molecular weight excluding hydrogens is 467 g/mol. The summed E-state index contributed by atoms with van der Waals surface area (Å²) < 4.78 is 11.0. The average Bonchev–Trinajstić information content (AvgIpc) is 2.74. The van der Waals surface area contributed by atoms with Crippen molar-refractivity contribution in [1.82, 2.24) is 10.2 Å². The minimum atomic E-state index is 0. The van der Waals surface area contributed by atoms with Gasteiger partial charge in [-0.3, -0.25) is 4.99 Å². The van der Waals surface area contributed by atoms with Gasteiger partial charge in [0.25, 0.3) is 0 Å². The molecule has 0 radical (unpaired) electrons. The van der Waals surface area contributed by atoms with E-state index in [-0.39, 0.29) is 24.0 Å². The van der Waals surface area contributed by atoms with Gasteiger partial charge in [0.2, 0.25) is 0 Å². The Kier molecular flexibility index (Phi) is 10.4. The topological polar surface area (TPSA) is 49.3 Å². The van der Waals surface area contributed by atoms with E-state index >= 15 is 0 Å². The molecule has 0 aromatic heterocycles. The number of halogens is 1. The van der Waals surface area contributed by atoms with Crippen molar-refractivity contribution in [3.63, 3.8) is 0 Å². The maximum Gasteiger partial charge on any atom is 0.193 e. The maximum atomic E-state index is 5.49. The van der Waals surface area contributed by atoms with Crippen molar-refractivity contribution < 1.29 is 9.47 Å². The maximum absolute atomic E-state index is 5.49. The molecule has 1 N–H and O–H groups in total. The lowest BCUT2D eigenvalue weighted by Gasteiger charge is -2.31. The lowest BCUT2D eigenvalue weighted by molar-refractivity contribution is 0.0625. The van der Waals surface area contributed by atoms with E-state index in [1.165, 1.54) is 30.5 Å². The van der Waals surface area contributed by atoms with Crippen molar-refractivity contribution in [2.45, 2.75) is 25.8 Å². The number of guanidine groups is 1. The van der Waals surface area contributed by atoms with E-state index in [2.05, 4.69) is 51.4 Å². The molecule has 28 heavy (non-hydrogen) atoms. The summed E-state index contributed by atoms with van der Waals surface area (Å²) in [4.78, 5) is 9.14. The fraction of sp³-hybridized carbons (Fsp3) is 0.667. The van der Waals surface area contributed by atoms with Crippen molar-refractivity contribution in [2.24, 2.45) is 10.9 Å². The predicted molar refractivity (Wildman–Crippen MR) is 126 cm³/mol. The molecule has 2 heterocycles. The van der Waals surface area contributed by atoms with Crippen LogP contribution in [0.5, 0.6) is 0 Å². The molecule has 0 spiro atoms. The van der Waals surface area contributed by atoms with Gasteiger partial charge in [-0.15, -0.1) is 24.0 Å². The molecular formula is C21H35IN4O2. The highest BCUT2D eigenvalue weighted by Gasteiger charge is 2.17. The first-order valence-electron chi connectivity index (χ1n) is 10.2. The van der Waals surface area contributed by atoms with Crippen LogP contribution in [0.1, 0.15) is 24.8 Å². The summed E-state index contributed by atoms with van der Waals surface area (Å²) in [6.07, 6.45) is 3.57. The number of nitrogens with one attached hydrogen (secondary N) is 1. The van der Waals surface area contributed by atoms with E-state index in [1.807, 2.05) is 7.05 Å². The zero-order valence-corrected chi connectivity index (χ0v) is 19.6. The van der Waals surface area contributed by atoms with E-state index < -0.39 is 0 Å². The van der Waals surface area contributed by atoms with Gasteiger partial charge in [-0.05, 0) is 36.8 Å². The Morgan fingerprint density at radius 2 is 1.82 bits per heavy atom. The molecule has 3 rings (SSSR count). The molecule has 6 nitrogen and oxygen atoms in total. The first-order valence-corrected chi connectivity index (χ1v) is 10.2. The summed E-state index contributed by atoms with van der Waals surface area (Å²) in [6, 6.07) is 8.63. The first-order chi connectivity index (χ1) is 13.3. The van der Waals surface area contributed by atoms with Crippen LogP contribution in [0.25, 0.3) is 0 Å². The average molecular weight is 502 g/mol. The van der Waals surface area contributed by atoms with Gasteiger partial charge >= 0.3 is 0 Å². The molecule has 1 aromatic carbocycles. The smallest absolute Gasteiger partial charge is 0.193 e. The number of nitrogens with zero attached hydrogens (tertiary/aromatic N) is 3. The third-order valence-electron chi connectivity index (χ3n) is 5.57. The quantitative estimate of drug-likeness (QED) is 0.369. The van der Waals surface area contributed by atoms with Crippen LogP contribution in [0, 0.1) is 5.92 Å². The minimum Gasteiger partial charge on any atom is -0.381 e. The van der Waals surface area contributed by atoms with Crippen molar-refractivity contribution in [3.8, 4) is 0 Å². The third kappa shape index (κ3) is 6.77. The molecule has 1 aromatic rings. The van der Waals surface area contributed by atoms with Crippen molar-refractivity contribution in [1.29, 1.82) is 0 Å². The molecule has 2 aliphatic rings. The van der Waals surface area contributed by atoms with Gasteiger partial charge in [0.05, 0.1) is 13.2 Å². The van der Waals surface area contributed by atoms with Crippen LogP contribution in [-0.2, 0) is 16.0 Å². The number of hydrogen-bond donors (Lipinski definition) is 1. The number of aliphatic imine (C=N–C) groups is 1. The highest BCUT2D eigenvalue weighted by atomic mass is 127. The molecule has 2 aliphatic heterocycles. The molecule has 0 amide bonds. The van der Waals surface area contributed by atoms with Crippen LogP contribution in [0.15, 0.2) is 29.3 Å². The highest BCUT2D eigenvalue weighted by Crippen LogP contribution is 2.22. The van der Waals surface area contributed by atoms with Crippen LogP contribution in [0.3, 0.4) is 0 Å². The summed E-state index contributed by atoms with van der Waals surface area (Å²) >= 11 is 0. The molecule has 0 aliphatic carbocycles. The molecule has 2 fully saturated rings. The highest BCUT2D eigenvalue weighted by molar-refractivity contribution is 14.0. The second-order valence-electron chi connectivity index (χ2n) is 7.39. The molecule has 0 atom stereocenters. The lowest BCUT2D eigenvalue weighted by Crippen LogP contribution is -2.40. The Balaban J connectivity index is 0.00000280. The standard InChI is InChI=1S/C21H34N4O2.HI/c1-22-21(24(2)10-7-18-8-13-26-14-9-18)23-17-19-5-3-4-6-20(19)25-11-15-27-16-12-25;/h3-6,18H,7-17H2,1-2H3,(H,22,23);1H. The summed E-state index contributed by atoms with van der Waals surface area (Å²) in [5.74, 6) is 1.74. The first kappa shape index (κ1) is 23.2. The fourth-order valence-electron chi connectivity index (χ4n) is 3.85. The van der Waals surface area contributed by atoms with Crippen LogP contribution in [0.4, 0.5) is 5.69 Å². The van der Waals surface area contributed by atoms with E-state index in [9.17, 15) is 0 Å². The molecule has 7 heteroatoms. The molecule has 2 saturated heterocycles. The number of benzene rings is 1. The monoisotopic (exact) mass is 502 g/mol. The van der Waals surface area contributed by atoms with E-state index in [1.54, 1.807) is 0 Å².